The van der Waals surface area contributed by atoms with Crippen LogP contribution < -0.4 is 0 Å². The summed E-state index contributed by atoms with van der Waals surface area (Å²) in [5.74, 6) is 1.68. The van der Waals surface area contributed by atoms with Gasteiger partial charge in [0.05, 0.1) is 22.1 Å². The monoisotopic (exact) mass is 848 g/mol. The van der Waals surface area contributed by atoms with Crippen LogP contribution in [0.3, 0.4) is 0 Å². The van der Waals surface area contributed by atoms with Gasteiger partial charge >= 0.3 is 0 Å². The van der Waals surface area contributed by atoms with Gasteiger partial charge in [0.2, 0.25) is 0 Å². The molecule has 0 fully saturated rings. The molecule has 6 aromatic carbocycles. The van der Waals surface area contributed by atoms with E-state index in [1.807, 2.05) is 61.3 Å². The zero-order valence-corrected chi connectivity index (χ0v) is 35.3. The van der Waals surface area contributed by atoms with E-state index in [1.54, 1.807) is 17.5 Å². The number of aromatic nitrogens is 8. The van der Waals surface area contributed by atoms with Gasteiger partial charge in [-0.2, -0.15) is 0 Å². The molecule has 0 atom stereocenters. The molecule has 0 aliphatic rings. The third kappa shape index (κ3) is 6.36. The molecule has 0 N–H and O–H groups in total. The fraction of sp³-hybridized carbons (Fsp3) is 0. The molecule has 7 aromatic heterocycles. The normalized spacial score (nSPS) is 11.7. The fourth-order valence-electron chi connectivity index (χ4n) is 9.13. The zero-order valence-electron chi connectivity index (χ0n) is 34.5. The predicted molar refractivity (Wildman–Crippen MR) is 264 cm³/mol. The summed E-state index contributed by atoms with van der Waals surface area (Å²) < 4.78 is 2.41. The van der Waals surface area contributed by atoms with Crippen molar-refractivity contribution in [3.63, 3.8) is 0 Å². The molecule has 0 bridgehead atoms. The molecule has 0 amide bonds. The quantitative estimate of drug-likeness (QED) is 0.152. The lowest BCUT2D eigenvalue weighted by Gasteiger charge is -2.16. The Bertz CT molecular complexity index is 3770. The van der Waals surface area contributed by atoms with Crippen molar-refractivity contribution < 1.29 is 0 Å². The lowest BCUT2D eigenvalue weighted by molar-refractivity contribution is 1.07. The number of hydrogen-bond acceptors (Lipinski definition) is 9. The summed E-state index contributed by atoms with van der Waals surface area (Å²) in [5.41, 5.74) is 12.0. The molecule has 7 heterocycles. The van der Waals surface area contributed by atoms with Crippen molar-refractivity contribution in [2.45, 2.75) is 0 Å². The Hall–Kier alpha value is -8.66. The van der Waals surface area contributed by atoms with Crippen molar-refractivity contribution >= 4 is 75.1 Å². The van der Waals surface area contributed by atoms with Gasteiger partial charge in [-0.05, 0) is 95.1 Å². The lowest BCUT2D eigenvalue weighted by atomic mass is 9.90. The molecule has 65 heavy (non-hydrogen) atoms. The first-order valence-electron chi connectivity index (χ1n) is 21.3. The number of hydrogen-bond donors (Lipinski definition) is 0. The number of fused-ring (bicyclic) bond motifs is 7. The number of nitrogens with zero attached hydrogens (tertiary/aromatic N) is 8. The Morgan fingerprint density at radius 2 is 0.846 bits per heavy atom. The molecule has 0 unspecified atom stereocenters. The van der Waals surface area contributed by atoms with Crippen molar-refractivity contribution in [3.8, 4) is 67.5 Å². The maximum atomic E-state index is 5.36. The van der Waals surface area contributed by atoms with Gasteiger partial charge in [0.1, 0.15) is 0 Å². The highest BCUT2D eigenvalue weighted by Crippen LogP contribution is 2.43. The van der Waals surface area contributed by atoms with E-state index in [4.69, 9.17) is 34.9 Å². The van der Waals surface area contributed by atoms with Crippen molar-refractivity contribution in [3.05, 3.63) is 195 Å². The van der Waals surface area contributed by atoms with Gasteiger partial charge < -0.3 is 0 Å². The van der Waals surface area contributed by atoms with Crippen LogP contribution in [0.1, 0.15) is 0 Å². The van der Waals surface area contributed by atoms with E-state index in [-0.39, 0.29) is 0 Å². The molecule has 0 saturated carbocycles. The topological polar surface area (TPSA) is 103 Å². The maximum absolute atomic E-state index is 5.36. The van der Waals surface area contributed by atoms with Crippen molar-refractivity contribution in [1.29, 1.82) is 0 Å². The van der Waals surface area contributed by atoms with Gasteiger partial charge in [0.25, 0.3) is 0 Å². The van der Waals surface area contributed by atoms with Gasteiger partial charge in [-0.15, -0.1) is 11.3 Å². The smallest absolute Gasteiger partial charge is 0.164 e. The average molecular weight is 849 g/mol. The molecule has 302 valence electrons. The van der Waals surface area contributed by atoms with E-state index < -0.39 is 0 Å². The van der Waals surface area contributed by atoms with Crippen LogP contribution in [-0.2, 0) is 0 Å². The molecular formula is C56H32N8S. The van der Waals surface area contributed by atoms with E-state index in [0.29, 0.717) is 17.5 Å². The largest absolute Gasteiger partial charge is 0.264 e. The molecule has 0 radical (unpaired) electrons. The highest BCUT2D eigenvalue weighted by molar-refractivity contribution is 7.25. The van der Waals surface area contributed by atoms with Crippen LogP contribution in [0.2, 0.25) is 0 Å². The molecular weight excluding hydrogens is 817 g/mol. The Labute approximate surface area is 375 Å². The molecule has 9 heteroatoms. The predicted octanol–water partition coefficient (Wildman–Crippen LogP) is 13.8. The molecule has 13 rings (SSSR count). The first-order chi connectivity index (χ1) is 32.2. The lowest BCUT2D eigenvalue weighted by Crippen LogP contribution is -2.01. The molecule has 0 saturated heterocycles. The minimum absolute atomic E-state index is 0.534. The van der Waals surface area contributed by atoms with Gasteiger partial charge in [-0.25, -0.2) is 15.0 Å². The first kappa shape index (κ1) is 36.9. The SMILES string of the molecule is c1cncc(-c2ccc(-c3nc(-c4cc(-c5c6cccnc6cc6cccnc56)cc(-c5c6cccnc6cc6cccnc56)c4)nc(-c4ccc5c(c4)sc4ccccc45)n3)cc2)c1. The van der Waals surface area contributed by atoms with Gasteiger partial charge in [-0.1, -0.05) is 84.9 Å². The highest BCUT2D eigenvalue weighted by Gasteiger charge is 2.21. The van der Waals surface area contributed by atoms with Crippen molar-refractivity contribution in [2.75, 3.05) is 0 Å². The van der Waals surface area contributed by atoms with Crippen LogP contribution in [0.15, 0.2) is 195 Å². The van der Waals surface area contributed by atoms with E-state index >= 15 is 0 Å². The molecule has 0 aliphatic heterocycles. The summed E-state index contributed by atoms with van der Waals surface area (Å²) in [5, 5.41) is 6.43. The van der Waals surface area contributed by atoms with Gasteiger partial charge in [-0.3, -0.25) is 24.9 Å². The summed E-state index contributed by atoms with van der Waals surface area (Å²) in [6, 6.07) is 54.6. The van der Waals surface area contributed by atoms with Crippen LogP contribution in [0, 0.1) is 0 Å². The van der Waals surface area contributed by atoms with Crippen molar-refractivity contribution in [1.82, 2.24) is 39.9 Å². The third-order valence-corrected chi connectivity index (χ3v) is 13.3. The minimum Gasteiger partial charge on any atom is -0.264 e. The maximum Gasteiger partial charge on any atom is 0.164 e. The average Bonchev–Trinajstić information content (AvgIpc) is 3.75. The molecule has 0 spiro atoms. The molecule has 13 aromatic rings. The van der Waals surface area contributed by atoms with Crippen LogP contribution in [0.25, 0.3) is 131 Å². The summed E-state index contributed by atoms with van der Waals surface area (Å²) in [6.45, 7) is 0. The standard InChI is InChI=1S/C56H32N8S/c1-2-14-48-42(11-1)43-20-19-37(31-49(43)65-48)55-62-54(34-17-15-33(16-18-34)38-10-3-21-57-32-38)63-56(64-55)41-27-39(50-44-12-6-22-58-46(44)29-35-8-4-24-60-52(35)50)26-40(28-41)51-45-13-7-23-59-47(45)30-36-9-5-25-61-53(36)51/h1-32H. The Kier molecular flexibility index (Phi) is 8.53. The summed E-state index contributed by atoms with van der Waals surface area (Å²) in [6.07, 6.45) is 11.0. The summed E-state index contributed by atoms with van der Waals surface area (Å²) in [7, 11) is 0. The Morgan fingerprint density at radius 1 is 0.323 bits per heavy atom. The van der Waals surface area contributed by atoms with Gasteiger partial charge in [0, 0.05) is 107 Å². The van der Waals surface area contributed by atoms with Crippen LogP contribution >= 0.6 is 11.3 Å². The highest BCUT2D eigenvalue weighted by atomic mass is 32.1. The zero-order chi connectivity index (χ0) is 42.8. The number of pyridine rings is 5. The number of thiophene rings is 1. The van der Waals surface area contributed by atoms with Crippen LogP contribution in [0.4, 0.5) is 0 Å². The third-order valence-electron chi connectivity index (χ3n) is 12.1. The number of rotatable bonds is 6. The van der Waals surface area contributed by atoms with Gasteiger partial charge in [0.15, 0.2) is 17.5 Å². The van der Waals surface area contributed by atoms with E-state index in [0.717, 1.165) is 93.7 Å². The van der Waals surface area contributed by atoms with E-state index in [9.17, 15) is 0 Å². The fourth-order valence-corrected chi connectivity index (χ4v) is 10.3. The number of benzene rings is 6. The molecule has 0 aliphatic carbocycles. The second kappa shape index (κ2) is 15.0. The van der Waals surface area contributed by atoms with E-state index in [2.05, 4.69) is 132 Å². The second-order valence-corrected chi connectivity index (χ2v) is 17.1. The first-order valence-corrected chi connectivity index (χ1v) is 22.1. The van der Waals surface area contributed by atoms with Crippen LogP contribution in [0.5, 0.6) is 0 Å². The minimum atomic E-state index is 0.534. The van der Waals surface area contributed by atoms with Crippen LogP contribution in [-0.4, -0.2) is 39.9 Å². The summed E-state index contributed by atoms with van der Waals surface area (Å²) in [4.78, 5) is 39.9. The second-order valence-electron chi connectivity index (χ2n) is 16.0. The summed E-state index contributed by atoms with van der Waals surface area (Å²) >= 11 is 1.78. The molecule has 8 nitrogen and oxygen atoms in total. The Balaban J connectivity index is 1.10. The van der Waals surface area contributed by atoms with Crippen molar-refractivity contribution in [2.24, 2.45) is 0 Å². The van der Waals surface area contributed by atoms with E-state index in [1.165, 1.54) is 20.2 Å². The Morgan fingerprint density at radius 3 is 1.51 bits per heavy atom.